The summed E-state index contributed by atoms with van der Waals surface area (Å²) in [5.74, 6) is 0.1000. The molecular weight excluding hydrogens is 1150 g/mol. The van der Waals surface area contributed by atoms with Crippen molar-refractivity contribution in [2.45, 2.75) is 25.8 Å². The van der Waals surface area contributed by atoms with Crippen LogP contribution in [0.4, 0.5) is 62.6 Å². The molecule has 4 heterocycles. The van der Waals surface area contributed by atoms with Gasteiger partial charge in [0.15, 0.2) is 0 Å². The maximum atomic E-state index is 2.76. The number of para-hydroxylation sites is 5. The van der Waals surface area contributed by atoms with E-state index in [1.165, 1.54) is 98.2 Å². The Hall–Kier alpha value is -10.6. The molecular formula is C84H58B2N4S2. The smallest absolute Gasteiger partial charge is 0.249 e. The molecule has 0 aromatic heterocycles. The fourth-order valence-electron chi connectivity index (χ4n) is 15.1. The van der Waals surface area contributed by atoms with Gasteiger partial charge in [-0.05, 0) is 165 Å². The van der Waals surface area contributed by atoms with Crippen LogP contribution in [0, 0.1) is 0 Å². The van der Waals surface area contributed by atoms with Gasteiger partial charge in [-0.2, -0.15) is 0 Å². The van der Waals surface area contributed by atoms with Crippen molar-refractivity contribution in [3.63, 3.8) is 0 Å². The van der Waals surface area contributed by atoms with E-state index in [9.17, 15) is 0 Å². The molecule has 0 radical (unpaired) electrons. The Bertz CT molecular complexity index is 4990. The van der Waals surface area contributed by atoms with Crippen LogP contribution >= 0.6 is 23.5 Å². The van der Waals surface area contributed by atoms with Gasteiger partial charge in [0.1, 0.15) is 0 Å². The minimum Gasteiger partial charge on any atom is -0.311 e. The van der Waals surface area contributed by atoms with Crippen LogP contribution in [0.15, 0.2) is 366 Å². The topological polar surface area (TPSA) is 13.0 Å². The number of rotatable bonds is 11. The van der Waals surface area contributed by atoms with Crippen LogP contribution in [0.25, 0.3) is 33.4 Å². The highest BCUT2D eigenvalue weighted by molar-refractivity contribution is 8.00. The molecule has 8 heteroatoms. The molecule has 0 spiro atoms. The summed E-state index contributed by atoms with van der Waals surface area (Å²) in [5, 5.41) is 0.0413. The van der Waals surface area contributed by atoms with Gasteiger partial charge in [-0.25, -0.2) is 0 Å². The Kier molecular flexibility index (Phi) is 13.4. The fraction of sp³-hybridized carbons (Fsp3) is 0.0238. The van der Waals surface area contributed by atoms with E-state index < -0.39 is 0 Å². The van der Waals surface area contributed by atoms with Crippen LogP contribution in [0.2, 0.25) is 5.82 Å². The Morgan fingerprint density at radius 1 is 0.315 bits per heavy atom. The van der Waals surface area contributed by atoms with Gasteiger partial charge in [-0.3, -0.25) is 0 Å². The Labute approximate surface area is 547 Å². The number of nitrogens with zero attached hydrogens (tertiary/aromatic N) is 4. The van der Waals surface area contributed by atoms with Crippen molar-refractivity contribution in [2.75, 3.05) is 19.6 Å². The molecule has 0 N–H and O–H groups in total. The van der Waals surface area contributed by atoms with Gasteiger partial charge < -0.3 is 19.6 Å². The lowest BCUT2D eigenvalue weighted by molar-refractivity contribution is 0.970. The van der Waals surface area contributed by atoms with Gasteiger partial charge in [0.25, 0.3) is 0 Å². The quantitative estimate of drug-likeness (QED) is 0.119. The molecule has 13 aromatic rings. The first-order valence-electron chi connectivity index (χ1n) is 31.8. The molecule has 18 rings (SSSR count). The molecule has 0 saturated carbocycles. The highest BCUT2D eigenvalue weighted by Gasteiger charge is 2.52. The molecule has 4 nitrogen and oxygen atoms in total. The SMILES string of the molecule is C1=C2B3c4ccccc4Sc4cc(N(c5ccccc5)c5ccccc5)cc(c43)N(c3ccccc3-c3ccccc3)C2=CC2Sc3cc(N(c4ccc(-c5ccccc5)cc4)c4cccc(-c5ccccc5)c4)cc4c3B(c3ccccc3N4c3ccccc3)C12. The summed E-state index contributed by atoms with van der Waals surface area (Å²) in [4.78, 5) is 14.0. The zero-order valence-electron chi connectivity index (χ0n) is 50.2. The molecule has 0 amide bonds. The molecule has 0 saturated heterocycles. The summed E-state index contributed by atoms with van der Waals surface area (Å²) in [7, 11) is 0. The molecule has 0 bridgehead atoms. The summed E-state index contributed by atoms with van der Waals surface area (Å²) in [6.07, 6.45) is 5.46. The lowest BCUT2D eigenvalue weighted by atomic mass is 9.28. The number of anilines is 11. The zero-order valence-corrected chi connectivity index (χ0v) is 51.9. The second-order valence-electron chi connectivity index (χ2n) is 24.3. The first-order chi connectivity index (χ1) is 45.6. The number of thioether (sulfide) groups is 1. The standard InChI is InChI=1S/C84H58B2N4S2/c1-7-26-57(27-8-1)59-46-48-65(49-47-59)88(66-39-25-32-61(50-66)58-28-9-2-10-29-58)68-51-77-83-82(54-68)92-80-56-76-72(55-73(80)85(83)70-41-20-23-44-75(70)89(77)64-37-17-6-18-38-64)86-71-42-21-24-45-79(71)91-81-53-67(87(62-33-13-4-14-34-62)63-35-15-5-16-36-63)52-78(84(81)86)90(76)74-43-22-19-40-69(74)60-30-11-3-12-31-60/h1-56,73,80H. The Morgan fingerprint density at radius 3 is 1.50 bits per heavy atom. The van der Waals surface area contributed by atoms with Gasteiger partial charge in [0, 0.05) is 88.1 Å². The predicted molar refractivity (Wildman–Crippen MR) is 392 cm³/mol. The van der Waals surface area contributed by atoms with Crippen molar-refractivity contribution in [1.82, 2.24) is 0 Å². The monoisotopic (exact) mass is 1210 g/mol. The van der Waals surface area contributed by atoms with E-state index in [1.54, 1.807) is 0 Å². The minimum atomic E-state index is -0.0258. The van der Waals surface area contributed by atoms with E-state index in [0.717, 1.165) is 45.5 Å². The lowest BCUT2D eigenvalue weighted by Crippen LogP contribution is -2.59. The van der Waals surface area contributed by atoms with Crippen LogP contribution in [-0.2, 0) is 0 Å². The minimum absolute atomic E-state index is 0.0258. The van der Waals surface area contributed by atoms with Gasteiger partial charge in [0.2, 0.25) is 13.4 Å². The van der Waals surface area contributed by atoms with E-state index >= 15 is 0 Å². The van der Waals surface area contributed by atoms with Crippen molar-refractivity contribution in [2.24, 2.45) is 0 Å². The van der Waals surface area contributed by atoms with E-state index in [0.29, 0.717) is 0 Å². The van der Waals surface area contributed by atoms with Crippen LogP contribution < -0.4 is 41.5 Å². The summed E-state index contributed by atoms with van der Waals surface area (Å²) >= 11 is 3.95. The summed E-state index contributed by atoms with van der Waals surface area (Å²) in [6.45, 7) is 0.00991. The predicted octanol–water partition coefficient (Wildman–Crippen LogP) is 20.2. The maximum Gasteiger partial charge on any atom is 0.249 e. The maximum absolute atomic E-state index is 2.76. The third-order valence-corrected chi connectivity index (χ3v) is 21.5. The third kappa shape index (κ3) is 9.19. The molecule has 4 aliphatic heterocycles. The van der Waals surface area contributed by atoms with Gasteiger partial charge in [0.05, 0.1) is 5.69 Å². The molecule has 432 valence electrons. The lowest BCUT2D eigenvalue weighted by Gasteiger charge is -2.49. The van der Waals surface area contributed by atoms with E-state index in [4.69, 9.17) is 0 Å². The largest absolute Gasteiger partial charge is 0.311 e. The Balaban J connectivity index is 0.885. The second kappa shape index (κ2) is 22.7. The Morgan fingerprint density at radius 2 is 0.815 bits per heavy atom. The van der Waals surface area contributed by atoms with E-state index in [2.05, 4.69) is 359 Å². The summed E-state index contributed by atoms with van der Waals surface area (Å²) in [6, 6.07) is 121. The second-order valence-corrected chi connectivity index (χ2v) is 26.6. The van der Waals surface area contributed by atoms with Crippen LogP contribution in [0.5, 0.6) is 0 Å². The van der Waals surface area contributed by atoms with Gasteiger partial charge in [-0.1, -0.05) is 248 Å². The number of allylic oxidation sites excluding steroid dienone is 2. The molecule has 2 atom stereocenters. The molecule has 0 fully saturated rings. The molecule has 2 unspecified atom stereocenters. The first kappa shape index (κ1) is 54.3. The van der Waals surface area contributed by atoms with Crippen molar-refractivity contribution < 1.29 is 0 Å². The third-order valence-electron chi connectivity index (χ3n) is 19.1. The number of hydrogen-bond acceptors (Lipinski definition) is 6. The summed E-state index contributed by atoms with van der Waals surface area (Å²) < 4.78 is 0. The number of fused-ring (bicyclic) bond motifs is 8. The average Bonchev–Trinajstić information content (AvgIpc) is 0.700. The fourth-order valence-corrected chi connectivity index (χ4v) is 17.7. The zero-order chi connectivity index (χ0) is 60.6. The molecule has 13 aromatic carbocycles. The van der Waals surface area contributed by atoms with E-state index in [1.807, 2.05) is 23.5 Å². The summed E-state index contributed by atoms with van der Waals surface area (Å²) in [5.41, 5.74) is 27.6. The number of hydrogen-bond donors (Lipinski definition) is 0. The van der Waals surface area contributed by atoms with Crippen molar-refractivity contribution >= 4 is 121 Å². The highest BCUT2D eigenvalue weighted by Crippen LogP contribution is 2.56. The normalized spacial score (nSPS) is 15.3. The van der Waals surface area contributed by atoms with Crippen LogP contribution in [0.3, 0.4) is 0 Å². The van der Waals surface area contributed by atoms with Crippen LogP contribution in [-0.4, -0.2) is 18.7 Å². The molecule has 92 heavy (non-hydrogen) atoms. The van der Waals surface area contributed by atoms with E-state index in [-0.39, 0.29) is 24.5 Å². The molecule has 5 aliphatic rings. The van der Waals surface area contributed by atoms with Crippen molar-refractivity contribution in [3.05, 3.63) is 351 Å². The van der Waals surface area contributed by atoms with Crippen molar-refractivity contribution in [1.29, 1.82) is 0 Å². The highest BCUT2D eigenvalue weighted by atomic mass is 32.2. The van der Waals surface area contributed by atoms with Crippen LogP contribution in [0.1, 0.15) is 0 Å². The average molecular weight is 1210 g/mol. The van der Waals surface area contributed by atoms with Gasteiger partial charge in [-0.15, -0.1) is 11.8 Å². The van der Waals surface area contributed by atoms with Crippen molar-refractivity contribution in [3.8, 4) is 33.4 Å². The first-order valence-corrected chi connectivity index (χ1v) is 33.5. The molecule has 1 aliphatic carbocycles. The van der Waals surface area contributed by atoms with Gasteiger partial charge >= 0.3 is 0 Å². The number of benzene rings is 13.